The SMILES string of the molecule is Cc1nc2c(c(=O)[nH]1)C=C(C1(C#N)CC1)C(Cl)N2. The van der Waals surface area contributed by atoms with Crippen molar-refractivity contribution in [2.45, 2.75) is 25.3 Å². The quantitative estimate of drug-likeness (QED) is 0.597. The summed E-state index contributed by atoms with van der Waals surface area (Å²) in [5.41, 5.74) is 0.0477. The van der Waals surface area contributed by atoms with E-state index >= 15 is 0 Å². The first-order chi connectivity index (χ1) is 8.55. The van der Waals surface area contributed by atoms with Gasteiger partial charge in [-0.05, 0) is 31.4 Å². The molecule has 1 aromatic heterocycles. The van der Waals surface area contributed by atoms with Crippen molar-refractivity contribution in [3.63, 3.8) is 0 Å². The molecular weight excluding hydrogens is 252 g/mol. The summed E-state index contributed by atoms with van der Waals surface area (Å²) in [4.78, 5) is 18.7. The molecular formula is C12H11ClN4O. The monoisotopic (exact) mass is 262 g/mol. The second-order valence-corrected chi connectivity index (χ2v) is 5.15. The van der Waals surface area contributed by atoms with E-state index < -0.39 is 10.9 Å². The maximum atomic E-state index is 11.9. The zero-order chi connectivity index (χ0) is 12.9. The Kier molecular flexibility index (Phi) is 2.26. The summed E-state index contributed by atoms with van der Waals surface area (Å²) >= 11 is 6.24. The molecule has 0 bridgehead atoms. The summed E-state index contributed by atoms with van der Waals surface area (Å²) in [6.07, 6.45) is 3.31. The second-order valence-electron chi connectivity index (χ2n) is 4.71. The Labute approximate surface area is 108 Å². The molecule has 5 nitrogen and oxygen atoms in total. The molecule has 1 fully saturated rings. The van der Waals surface area contributed by atoms with Crippen molar-refractivity contribution in [2.24, 2.45) is 5.41 Å². The second kappa shape index (κ2) is 3.59. The Morgan fingerprint density at radius 1 is 1.61 bits per heavy atom. The van der Waals surface area contributed by atoms with Gasteiger partial charge in [-0.2, -0.15) is 5.26 Å². The van der Waals surface area contributed by atoms with Gasteiger partial charge in [0.15, 0.2) is 0 Å². The highest BCUT2D eigenvalue weighted by molar-refractivity contribution is 6.24. The molecule has 1 unspecified atom stereocenters. The van der Waals surface area contributed by atoms with Gasteiger partial charge in [0.1, 0.15) is 17.1 Å². The third-order valence-electron chi connectivity index (χ3n) is 3.43. The van der Waals surface area contributed by atoms with E-state index in [1.54, 1.807) is 13.0 Å². The summed E-state index contributed by atoms with van der Waals surface area (Å²) in [6, 6.07) is 2.29. The van der Waals surface area contributed by atoms with Gasteiger partial charge in [0.05, 0.1) is 17.0 Å². The number of nitriles is 1. The van der Waals surface area contributed by atoms with Crippen LogP contribution in [0.5, 0.6) is 0 Å². The molecule has 2 N–H and O–H groups in total. The van der Waals surface area contributed by atoms with E-state index in [1.165, 1.54) is 0 Å². The first kappa shape index (κ1) is 11.3. The minimum Gasteiger partial charge on any atom is -0.350 e. The van der Waals surface area contributed by atoms with E-state index in [1.807, 2.05) is 0 Å². The van der Waals surface area contributed by atoms with Crippen LogP contribution in [0.25, 0.3) is 6.08 Å². The molecule has 1 saturated carbocycles. The Bertz CT molecular complexity index is 651. The highest BCUT2D eigenvalue weighted by atomic mass is 35.5. The van der Waals surface area contributed by atoms with E-state index in [-0.39, 0.29) is 5.56 Å². The molecule has 2 heterocycles. The molecule has 18 heavy (non-hydrogen) atoms. The van der Waals surface area contributed by atoms with Gasteiger partial charge in [0.2, 0.25) is 0 Å². The van der Waals surface area contributed by atoms with Gasteiger partial charge in [-0.3, -0.25) is 4.79 Å². The predicted octanol–water partition coefficient (Wildman–Crippen LogP) is 1.76. The zero-order valence-electron chi connectivity index (χ0n) is 9.75. The third kappa shape index (κ3) is 1.53. The zero-order valence-corrected chi connectivity index (χ0v) is 10.5. The molecule has 0 spiro atoms. The standard InChI is InChI=1S/C12H11ClN4O/c1-6-15-10-7(11(18)16-6)4-8(9(13)17-10)12(5-14)2-3-12/h4,9H,2-3H2,1H3,(H2,15,16,17,18). The lowest BCUT2D eigenvalue weighted by Crippen LogP contribution is -2.29. The fourth-order valence-electron chi connectivity index (χ4n) is 2.24. The largest absolute Gasteiger partial charge is 0.350 e. The molecule has 3 rings (SSSR count). The molecule has 0 radical (unpaired) electrons. The molecule has 1 atom stereocenters. The Morgan fingerprint density at radius 2 is 2.33 bits per heavy atom. The van der Waals surface area contributed by atoms with Crippen molar-refractivity contribution in [3.05, 3.63) is 27.3 Å². The first-order valence-corrected chi connectivity index (χ1v) is 6.14. The molecule has 92 valence electrons. The van der Waals surface area contributed by atoms with Gasteiger partial charge in [0.25, 0.3) is 5.56 Å². The number of anilines is 1. The Hall–Kier alpha value is -1.80. The fourth-order valence-corrected chi connectivity index (χ4v) is 2.61. The molecule has 1 aliphatic carbocycles. The van der Waals surface area contributed by atoms with Crippen molar-refractivity contribution >= 4 is 23.5 Å². The van der Waals surface area contributed by atoms with Gasteiger partial charge in [-0.15, -0.1) is 0 Å². The average molecular weight is 263 g/mol. The van der Waals surface area contributed by atoms with Gasteiger partial charge >= 0.3 is 0 Å². The number of aryl methyl sites for hydroxylation is 1. The fraction of sp³-hybridized carbons (Fsp3) is 0.417. The van der Waals surface area contributed by atoms with Crippen molar-refractivity contribution in [1.29, 1.82) is 5.26 Å². The lowest BCUT2D eigenvalue weighted by atomic mass is 9.93. The summed E-state index contributed by atoms with van der Waals surface area (Å²) in [7, 11) is 0. The van der Waals surface area contributed by atoms with Crippen molar-refractivity contribution in [3.8, 4) is 6.07 Å². The smallest absolute Gasteiger partial charge is 0.260 e. The summed E-state index contributed by atoms with van der Waals surface area (Å²) in [6.45, 7) is 1.71. The van der Waals surface area contributed by atoms with Crippen LogP contribution < -0.4 is 10.9 Å². The van der Waals surface area contributed by atoms with Gasteiger partial charge in [0, 0.05) is 0 Å². The summed E-state index contributed by atoms with van der Waals surface area (Å²) in [5, 5.41) is 12.2. The number of aromatic amines is 1. The van der Waals surface area contributed by atoms with Crippen LogP contribution in [0.1, 0.15) is 24.2 Å². The number of nitrogens with one attached hydrogen (secondary N) is 2. The van der Waals surface area contributed by atoms with Gasteiger partial charge < -0.3 is 10.3 Å². The molecule has 0 amide bonds. The van der Waals surface area contributed by atoms with Crippen LogP contribution in [-0.2, 0) is 0 Å². The average Bonchev–Trinajstić information content (AvgIpc) is 3.08. The Balaban J connectivity index is 2.17. The van der Waals surface area contributed by atoms with Crippen molar-refractivity contribution in [2.75, 3.05) is 5.32 Å². The van der Waals surface area contributed by atoms with Crippen LogP contribution >= 0.6 is 11.6 Å². The maximum Gasteiger partial charge on any atom is 0.260 e. The lowest BCUT2D eigenvalue weighted by molar-refractivity contribution is 0.764. The summed E-state index contributed by atoms with van der Waals surface area (Å²) < 4.78 is 0. The topological polar surface area (TPSA) is 81.6 Å². The lowest BCUT2D eigenvalue weighted by Gasteiger charge is -2.25. The van der Waals surface area contributed by atoms with Gasteiger partial charge in [-0.1, -0.05) is 11.6 Å². The normalized spacial score (nSPS) is 23.4. The van der Waals surface area contributed by atoms with E-state index in [0.717, 1.165) is 18.4 Å². The number of hydrogen-bond acceptors (Lipinski definition) is 4. The molecule has 0 aromatic carbocycles. The number of halogens is 1. The van der Waals surface area contributed by atoms with Crippen LogP contribution in [0.2, 0.25) is 0 Å². The van der Waals surface area contributed by atoms with E-state index in [2.05, 4.69) is 21.4 Å². The molecule has 1 aromatic rings. The van der Waals surface area contributed by atoms with Crippen LogP contribution in [0.3, 0.4) is 0 Å². The van der Waals surface area contributed by atoms with Crippen molar-refractivity contribution < 1.29 is 0 Å². The number of aromatic nitrogens is 2. The highest BCUT2D eigenvalue weighted by Crippen LogP contribution is 2.54. The van der Waals surface area contributed by atoms with E-state index in [9.17, 15) is 10.1 Å². The number of hydrogen-bond donors (Lipinski definition) is 2. The van der Waals surface area contributed by atoms with Gasteiger partial charge in [-0.25, -0.2) is 4.98 Å². The minimum absolute atomic E-state index is 0.209. The number of fused-ring (bicyclic) bond motifs is 1. The van der Waals surface area contributed by atoms with Crippen LogP contribution in [0.15, 0.2) is 10.4 Å². The minimum atomic E-state index is -0.492. The van der Waals surface area contributed by atoms with Crippen LogP contribution in [-0.4, -0.2) is 15.5 Å². The Morgan fingerprint density at radius 3 is 2.94 bits per heavy atom. The number of rotatable bonds is 1. The highest BCUT2D eigenvalue weighted by Gasteiger charge is 2.50. The van der Waals surface area contributed by atoms with Crippen LogP contribution in [0.4, 0.5) is 5.82 Å². The van der Waals surface area contributed by atoms with Crippen molar-refractivity contribution in [1.82, 2.24) is 9.97 Å². The molecule has 6 heteroatoms. The molecule has 2 aliphatic rings. The van der Waals surface area contributed by atoms with E-state index in [0.29, 0.717) is 17.2 Å². The van der Waals surface area contributed by atoms with E-state index in [4.69, 9.17) is 11.6 Å². The first-order valence-electron chi connectivity index (χ1n) is 5.70. The number of alkyl halides is 1. The summed E-state index contributed by atoms with van der Waals surface area (Å²) in [5.74, 6) is 1.02. The molecule has 0 saturated heterocycles. The third-order valence-corrected chi connectivity index (χ3v) is 3.77. The van der Waals surface area contributed by atoms with Crippen LogP contribution in [0, 0.1) is 23.7 Å². The molecule has 1 aliphatic heterocycles. The predicted molar refractivity (Wildman–Crippen MR) is 68.1 cm³/mol. The number of H-pyrrole nitrogens is 1. The maximum absolute atomic E-state index is 11.9. The number of nitrogens with zero attached hydrogens (tertiary/aromatic N) is 2.